The number of halogens is 2. The van der Waals surface area contributed by atoms with Crippen molar-refractivity contribution in [2.45, 2.75) is 6.54 Å². The zero-order valence-corrected chi connectivity index (χ0v) is 12.7. The predicted octanol–water partition coefficient (Wildman–Crippen LogP) is 3.48. The number of nitrogens with zero attached hydrogens (tertiary/aromatic N) is 3. The minimum absolute atomic E-state index is 0.185. The zero-order chi connectivity index (χ0) is 15.5. The third-order valence-electron chi connectivity index (χ3n) is 2.77. The number of hydrogen-bond acceptors (Lipinski definition) is 4. The number of rotatable bonds is 4. The smallest absolute Gasteiger partial charge is 0.292 e. The summed E-state index contributed by atoms with van der Waals surface area (Å²) in [5.41, 5.74) is 0. The molecule has 0 aliphatic carbocycles. The van der Waals surface area contributed by atoms with E-state index in [1.165, 1.54) is 12.4 Å². The summed E-state index contributed by atoms with van der Waals surface area (Å²) in [5, 5.41) is 7.70. The van der Waals surface area contributed by atoms with Crippen molar-refractivity contribution >= 4 is 34.9 Å². The highest BCUT2D eigenvalue weighted by Gasteiger charge is 2.12. The fourth-order valence-corrected chi connectivity index (χ4v) is 2.07. The molecule has 3 heterocycles. The van der Waals surface area contributed by atoms with Crippen LogP contribution in [-0.4, -0.2) is 20.7 Å². The van der Waals surface area contributed by atoms with Crippen molar-refractivity contribution in [3.8, 4) is 0 Å². The van der Waals surface area contributed by atoms with Gasteiger partial charge in [-0.25, -0.2) is 4.98 Å². The van der Waals surface area contributed by atoms with Gasteiger partial charge in [0, 0.05) is 12.4 Å². The number of carbonyl (C=O) groups excluding carboxylic acids is 1. The molecule has 1 amide bonds. The molecule has 1 N–H and O–H groups in total. The molecule has 0 unspecified atom stereocenters. The molecule has 0 radical (unpaired) electrons. The van der Waals surface area contributed by atoms with Gasteiger partial charge in [0.15, 0.2) is 5.76 Å². The van der Waals surface area contributed by atoms with E-state index in [1.54, 1.807) is 35.1 Å². The normalized spacial score (nSPS) is 10.6. The fourth-order valence-electron chi connectivity index (χ4n) is 1.80. The summed E-state index contributed by atoms with van der Waals surface area (Å²) < 4.78 is 7.10. The quantitative estimate of drug-likeness (QED) is 0.791. The Morgan fingerprint density at radius 1 is 1.18 bits per heavy atom. The number of anilines is 1. The SMILES string of the molecule is O=C(Nc1ccc(Cl)cn1)c1ccc(Cn2cc(Cl)cn2)o1. The van der Waals surface area contributed by atoms with E-state index in [9.17, 15) is 4.79 Å². The number of aromatic nitrogens is 3. The first-order valence-corrected chi connectivity index (χ1v) is 7.05. The molecule has 0 atom stereocenters. The number of hydrogen-bond donors (Lipinski definition) is 1. The van der Waals surface area contributed by atoms with Gasteiger partial charge in [-0.1, -0.05) is 23.2 Å². The van der Waals surface area contributed by atoms with E-state index >= 15 is 0 Å². The van der Waals surface area contributed by atoms with E-state index in [0.717, 1.165) is 0 Å². The molecule has 0 bridgehead atoms. The number of furan rings is 1. The van der Waals surface area contributed by atoms with Gasteiger partial charge < -0.3 is 9.73 Å². The monoisotopic (exact) mass is 336 g/mol. The Balaban J connectivity index is 1.67. The highest BCUT2D eigenvalue weighted by atomic mass is 35.5. The Bertz CT molecular complexity index is 795. The molecule has 3 aromatic heterocycles. The van der Waals surface area contributed by atoms with Crippen LogP contribution in [0.15, 0.2) is 47.3 Å². The second-order valence-electron chi connectivity index (χ2n) is 4.44. The van der Waals surface area contributed by atoms with Gasteiger partial charge in [0.2, 0.25) is 0 Å². The van der Waals surface area contributed by atoms with Crippen molar-refractivity contribution in [1.29, 1.82) is 0 Å². The predicted molar refractivity (Wildman–Crippen MR) is 82.2 cm³/mol. The maximum Gasteiger partial charge on any atom is 0.292 e. The Kier molecular flexibility index (Phi) is 4.13. The van der Waals surface area contributed by atoms with Crippen molar-refractivity contribution < 1.29 is 9.21 Å². The first-order chi connectivity index (χ1) is 10.6. The van der Waals surface area contributed by atoms with Crippen LogP contribution in [0.5, 0.6) is 0 Å². The van der Waals surface area contributed by atoms with E-state index < -0.39 is 0 Å². The van der Waals surface area contributed by atoms with Crippen LogP contribution in [0.25, 0.3) is 0 Å². The lowest BCUT2D eigenvalue weighted by atomic mass is 10.4. The molecule has 0 aliphatic heterocycles. The van der Waals surface area contributed by atoms with Crippen molar-refractivity contribution in [3.05, 3.63) is 64.4 Å². The first kappa shape index (κ1) is 14.6. The second-order valence-corrected chi connectivity index (χ2v) is 5.31. The van der Waals surface area contributed by atoms with Gasteiger partial charge in [0.25, 0.3) is 5.91 Å². The summed E-state index contributed by atoms with van der Waals surface area (Å²) in [4.78, 5) is 16.0. The minimum atomic E-state index is -0.389. The second kappa shape index (κ2) is 6.21. The Morgan fingerprint density at radius 2 is 2.05 bits per heavy atom. The summed E-state index contributed by atoms with van der Waals surface area (Å²) in [6.07, 6.45) is 4.65. The lowest BCUT2D eigenvalue weighted by Gasteiger charge is -2.02. The summed E-state index contributed by atoms with van der Waals surface area (Å²) in [6.45, 7) is 0.388. The Morgan fingerprint density at radius 3 is 2.73 bits per heavy atom. The molecular formula is C14H10Cl2N4O2. The van der Waals surface area contributed by atoms with Crippen LogP contribution >= 0.6 is 23.2 Å². The molecular weight excluding hydrogens is 327 g/mol. The van der Waals surface area contributed by atoms with Crippen LogP contribution < -0.4 is 5.32 Å². The number of pyridine rings is 1. The number of carbonyl (C=O) groups is 1. The van der Waals surface area contributed by atoms with E-state index in [-0.39, 0.29) is 11.7 Å². The van der Waals surface area contributed by atoms with Gasteiger partial charge in [-0.2, -0.15) is 5.10 Å². The van der Waals surface area contributed by atoms with Gasteiger partial charge in [-0.05, 0) is 24.3 Å². The lowest BCUT2D eigenvalue weighted by molar-refractivity contribution is 0.0994. The molecule has 0 spiro atoms. The van der Waals surface area contributed by atoms with E-state index in [4.69, 9.17) is 27.6 Å². The maximum absolute atomic E-state index is 12.0. The molecule has 8 heteroatoms. The van der Waals surface area contributed by atoms with Gasteiger partial charge in [0.05, 0.1) is 22.8 Å². The molecule has 0 saturated heterocycles. The summed E-state index contributed by atoms with van der Waals surface area (Å²) >= 11 is 11.5. The third kappa shape index (κ3) is 3.47. The molecule has 0 saturated carbocycles. The standard InChI is InChI=1S/C14H10Cl2N4O2/c15-9-1-4-13(17-5-9)19-14(21)12-3-2-11(22-12)8-20-7-10(16)6-18-20/h1-7H,8H2,(H,17,19,21). The molecule has 0 aliphatic rings. The highest BCUT2D eigenvalue weighted by molar-refractivity contribution is 6.30. The largest absolute Gasteiger partial charge is 0.454 e. The van der Waals surface area contributed by atoms with Crippen molar-refractivity contribution in [3.63, 3.8) is 0 Å². The van der Waals surface area contributed by atoms with Crippen LogP contribution in [0.4, 0.5) is 5.82 Å². The third-order valence-corrected chi connectivity index (χ3v) is 3.19. The molecule has 3 aromatic rings. The number of amides is 1. The van der Waals surface area contributed by atoms with E-state index in [0.29, 0.717) is 28.2 Å². The van der Waals surface area contributed by atoms with Gasteiger partial charge in [-0.3, -0.25) is 9.48 Å². The fraction of sp³-hybridized carbons (Fsp3) is 0.0714. The summed E-state index contributed by atoms with van der Waals surface area (Å²) in [5.74, 6) is 0.782. The first-order valence-electron chi connectivity index (χ1n) is 6.30. The van der Waals surface area contributed by atoms with Crippen molar-refractivity contribution in [2.75, 3.05) is 5.32 Å². The molecule has 3 rings (SSSR count). The van der Waals surface area contributed by atoms with Gasteiger partial charge in [-0.15, -0.1) is 0 Å². The highest BCUT2D eigenvalue weighted by Crippen LogP contribution is 2.14. The summed E-state index contributed by atoms with van der Waals surface area (Å²) in [6, 6.07) is 6.54. The lowest BCUT2D eigenvalue weighted by Crippen LogP contribution is -2.11. The summed E-state index contributed by atoms with van der Waals surface area (Å²) in [7, 11) is 0. The molecule has 6 nitrogen and oxygen atoms in total. The van der Waals surface area contributed by atoms with Crippen LogP contribution in [0.2, 0.25) is 10.0 Å². The van der Waals surface area contributed by atoms with Crippen LogP contribution in [0.1, 0.15) is 16.3 Å². The molecule has 0 aromatic carbocycles. The number of nitrogens with one attached hydrogen (secondary N) is 1. The van der Waals surface area contributed by atoms with Crippen molar-refractivity contribution in [1.82, 2.24) is 14.8 Å². The van der Waals surface area contributed by atoms with Gasteiger partial charge in [0.1, 0.15) is 11.6 Å². The average Bonchev–Trinajstić information content (AvgIpc) is 3.11. The van der Waals surface area contributed by atoms with Crippen LogP contribution in [0.3, 0.4) is 0 Å². The Labute approximate surface area is 135 Å². The van der Waals surface area contributed by atoms with Crippen molar-refractivity contribution in [2.24, 2.45) is 0 Å². The van der Waals surface area contributed by atoms with Gasteiger partial charge >= 0.3 is 0 Å². The zero-order valence-electron chi connectivity index (χ0n) is 11.2. The van der Waals surface area contributed by atoms with E-state index in [1.807, 2.05) is 0 Å². The van der Waals surface area contributed by atoms with E-state index in [2.05, 4.69) is 15.4 Å². The van der Waals surface area contributed by atoms with Crippen LogP contribution in [-0.2, 0) is 6.54 Å². The topological polar surface area (TPSA) is 73.0 Å². The molecule has 112 valence electrons. The maximum atomic E-state index is 12.0. The molecule has 0 fully saturated rings. The van der Waals surface area contributed by atoms with Crippen LogP contribution in [0, 0.1) is 0 Å². The minimum Gasteiger partial charge on any atom is -0.454 e. The molecule has 22 heavy (non-hydrogen) atoms. The average molecular weight is 337 g/mol. The Hall–Kier alpha value is -2.31.